The Morgan fingerprint density at radius 3 is 2.35 bits per heavy atom. The molecule has 40 heavy (non-hydrogen) atoms. The van der Waals surface area contributed by atoms with Gasteiger partial charge in [-0.25, -0.2) is 8.78 Å². The highest BCUT2D eigenvalue weighted by Gasteiger charge is 2.29. The van der Waals surface area contributed by atoms with Gasteiger partial charge in [-0.3, -0.25) is 14.5 Å². The fourth-order valence-electron chi connectivity index (χ4n) is 4.31. The van der Waals surface area contributed by atoms with E-state index in [1.807, 2.05) is 18.7 Å². The summed E-state index contributed by atoms with van der Waals surface area (Å²) in [5.74, 6) is -4.29. The summed E-state index contributed by atoms with van der Waals surface area (Å²) < 4.78 is 67.3. The van der Waals surface area contributed by atoms with Gasteiger partial charge in [-0.15, -0.1) is 0 Å². The summed E-state index contributed by atoms with van der Waals surface area (Å²) in [6.45, 7) is 4.63. The summed E-state index contributed by atoms with van der Waals surface area (Å²) in [5, 5.41) is 15.1. The summed E-state index contributed by atoms with van der Waals surface area (Å²) in [4.78, 5) is 28.5. The third kappa shape index (κ3) is 8.77. The summed E-state index contributed by atoms with van der Waals surface area (Å²) >= 11 is 6.15. The van der Waals surface area contributed by atoms with Crippen LogP contribution in [-0.4, -0.2) is 66.8 Å². The SMILES string of the molecule is CC(C)C[C@@H](O)C(=O)NCc1ccc(C(=O)Nc2ccc(Cl)cc2N2CCN(CCC(F)(F)F)CC2)c(F)c1F. The van der Waals surface area contributed by atoms with E-state index < -0.39 is 47.7 Å². The maximum absolute atomic E-state index is 14.9. The topological polar surface area (TPSA) is 84.9 Å². The van der Waals surface area contributed by atoms with Gasteiger partial charge in [0.25, 0.3) is 5.91 Å². The number of rotatable bonds is 10. The third-order valence-electron chi connectivity index (χ3n) is 6.49. The highest BCUT2D eigenvalue weighted by atomic mass is 35.5. The maximum Gasteiger partial charge on any atom is 0.390 e. The smallest absolute Gasteiger partial charge is 0.383 e. The minimum absolute atomic E-state index is 0.0572. The van der Waals surface area contributed by atoms with E-state index in [2.05, 4.69) is 10.6 Å². The number of carbonyl (C=O) groups excluding carboxylic acids is 2. The zero-order chi connectivity index (χ0) is 29.6. The molecule has 1 heterocycles. The van der Waals surface area contributed by atoms with Crippen LogP contribution in [0.25, 0.3) is 0 Å². The van der Waals surface area contributed by atoms with E-state index in [1.54, 1.807) is 11.0 Å². The number of hydrogen-bond acceptors (Lipinski definition) is 5. The Bertz CT molecular complexity index is 1200. The highest BCUT2D eigenvalue weighted by Crippen LogP contribution is 2.31. The fourth-order valence-corrected chi connectivity index (χ4v) is 4.48. The molecule has 2 amide bonds. The van der Waals surface area contributed by atoms with Gasteiger partial charge < -0.3 is 20.6 Å². The predicted molar refractivity (Wildman–Crippen MR) is 142 cm³/mol. The van der Waals surface area contributed by atoms with E-state index in [1.165, 1.54) is 18.2 Å². The summed E-state index contributed by atoms with van der Waals surface area (Å²) in [6.07, 6.45) is -6.21. The first-order valence-corrected chi connectivity index (χ1v) is 13.2. The van der Waals surface area contributed by atoms with Crippen molar-refractivity contribution < 1.29 is 36.6 Å². The van der Waals surface area contributed by atoms with Crippen LogP contribution < -0.4 is 15.5 Å². The fraction of sp³-hybridized carbons (Fsp3) is 0.481. The quantitative estimate of drug-likeness (QED) is 0.341. The van der Waals surface area contributed by atoms with E-state index in [0.717, 1.165) is 6.07 Å². The average Bonchev–Trinajstić information content (AvgIpc) is 2.88. The Labute approximate surface area is 234 Å². The molecule has 7 nitrogen and oxygen atoms in total. The van der Waals surface area contributed by atoms with Crippen LogP contribution in [0.2, 0.25) is 5.02 Å². The van der Waals surface area contributed by atoms with E-state index in [-0.39, 0.29) is 36.7 Å². The normalized spacial score (nSPS) is 15.3. The van der Waals surface area contributed by atoms with Crippen LogP contribution in [0, 0.1) is 17.6 Å². The average molecular weight is 591 g/mol. The molecule has 0 bridgehead atoms. The van der Waals surface area contributed by atoms with Crippen LogP contribution in [0.15, 0.2) is 30.3 Å². The number of anilines is 2. The van der Waals surface area contributed by atoms with Gasteiger partial charge in [0.2, 0.25) is 5.91 Å². The standard InChI is InChI=1S/C27H32ClF5N4O3/c1-16(2)13-22(38)26(40)34-15-17-3-5-19(24(30)23(17)29)25(39)35-20-6-4-18(28)14-21(20)37-11-9-36(10-12-37)8-7-27(31,32)33/h3-6,14,16,22,38H,7-13,15H2,1-2H3,(H,34,40)(H,35,39)/t22-/m1/s1. The molecular weight excluding hydrogens is 559 g/mol. The van der Waals surface area contributed by atoms with E-state index in [4.69, 9.17) is 11.6 Å². The molecule has 1 saturated heterocycles. The molecular formula is C27H32ClF5N4O3. The van der Waals surface area contributed by atoms with Gasteiger partial charge in [-0.2, -0.15) is 13.2 Å². The number of alkyl halides is 3. The lowest BCUT2D eigenvalue weighted by Crippen LogP contribution is -2.47. The number of piperazine rings is 1. The van der Waals surface area contributed by atoms with Gasteiger partial charge in [0, 0.05) is 49.9 Å². The zero-order valence-electron chi connectivity index (χ0n) is 22.1. The summed E-state index contributed by atoms with van der Waals surface area (Å²) in [6, 6.07) is 6.86. The van der Waals surface area contributed by atoms with Crippen LogP contribution in [0.3, 0.4) is 0 Å². The first-order chi connectivity index (χ1) is 18.7. The third-order valence-corrected chi connectivity index (χ3v) is 6.72. The Morgan fingerprint density at radius 1 is 1.05 bits per heavy atom. The number of amides is 2. The summed E-state index contributed by atoms with van der Waals surface area (Å²) in [5.41, 5.74) is 0.00457. The number of carbonyl (C=O) groups is 2. The van der Waals surface area contributed by atoms with Crippen molar-refractivity contribution >= 4 is 34.8 Å². The lowest BCUT2D eigenvalue weighted by atomic mass is 10.1. The van der Waals surface area contributed by atoms with Gasteiger partial charge in [-0.1, -0.05) is 31.5 Å². The van der Waals surface area contributed by atoms with Gasteiger partial charge in [0.15, 0.2) is 11.6 Å². The molecule has 0 unspecified atom stereocenters. The molecule has 1 aliphatic rings. The van der Waals surface area contributed by atoms with Crippen molar-refractivity contribution in [3.05, 3.63) is 58.1 Å². The Kier molecular flexibility index (Phi) is 10.7. The Balaban J connectivity index is 1.68. The minimum atomic E-state index is -4.24. The number of hydrogen-bond donors (Lipinski definition) is 3. The van der Waals surface area contributed by atoms with Crippen molar-refractivity contribution in [2.45, 2.75) is 45.5 Å². The maximum atomic E-state index is 14.9. The lowest BCUT2D eigenvalue weighted by Gasteiger charge is -2.37. The molecule has 3 N–H and O–H groups in total. The molecule has 220 valence electrons. The first kappa shape index (κ1) is 31.6. The van der Waals surface area contributed by atoms with Gasteiger partial charge >= 0.3 is 6.18 Å². The number of aliphatic hydroxyl groups is 1. The van der Waals surface area contributed by atoms with Crippen LogP contribution in [0.4, 0.5) is 33.3 Å². The number of aliphatic hydroxyl groups excluding tert-OH is 1. The number of nitrogens with zero attached hydrogens (tertiary/aromatic N) is 2. The molecule has 0 aromatic heterocycles. The monoisotopic (exact) mass is 590 g/mol. The van der Waals surface area contributed by atoms with Crippen LogP contribution >= 0.6 is 11.6 Å². The second-order valence-electron chi connectivity index (χ2n) is 10.1. The van der Waals surface area contributed by atoms with E-state index in [0.29, 0.717) is 36.9 Å². The van der Waals surface area contributed by atoms with Crippen molar-refractivity contribution in [2.75, 3.05) is 42.9 Å². The Morgan fingerprint density at radius 2 is 1.73 bits per heavy atom. The molecule has 1 aliphatic heterocycles. The molecule has 1 fully saturated rings. The minimum Gasteiger partial charge on any atom is -0.383 e. The van der Waals surface area contributed by atoms with Crippen LogP contribution in [-0.2, 0) is 11.3 Å². The van der Waals surface area contributed by atoms with Crippen molar-refractivity contribution in [2.24, 2.45) is 5.92 Å². The highest BCUT2D eigenvalue weighted by molar-refractivity contribution is 6.31. The molecule has 0 spiro atoms. The number of benzene rings is 2. The Hall–Kier alpha value is -2.96. The molecule has 0 saturated carbocycles. The number of nitrogens with one attached hydrogen (secondary N) is 2. The number of halogens is 6. The van der Waals surface area contributed by atoms with Gasteiger partial charge in [0.1, 0.15) is 6.10 Å². The van der Waals surface area contributed by atoms with Gasteiger partial charge in [0.05, 0.1) is 23.4 Å². The predicted octanol–water partition coefficient (Wildman–Crippen LogP) is 4.97. The summed E-state index contributed by atoms with van der Waals surface area (Å²) in [7, 11) is 0. The molecule has 2 aromatic rings. The zero-order valence-corrected chi connectivity index (χ0v) is 22.9. The lowest BCUT2D eigenvalue weighted by molar-refractivity contribution is -0.138. The molecule has 2 aromatic carbocycles. The molecule has 13 heteroatoms. The second-order valence-corrected chi connectivity index (χ2v) is 10.5. The van der Waals surface area contributed by atoms with Crippen LogP contribution in [0.5, 0.6) is 0 Å². The van der Waals surface area contributed by atoms with E-state index >= 15 is 0 Å². The molecule has 0 radical (unpaired) electrons. The molecule has 0 aliphatic carbocycles. The van der Waals surface area contributed by atoms with Crippen LogP contribution in [0.1, 0.15) is 42.6 Å². The van der Waals surface area contributed by atoms with Gasteiger partial charge in [-0.05, 0) is 36.6 Å². The largest absolute Gasteiger partial charge is 0.390 e. The van der Waals surface area contributed by atoms with Crippen molar-refractivity contribution in [1.82, 2.24) is 10.2 Å². The van der Waals surface area contributed by atoms with E-state index in [9.17, 15) is 36.6 Å². The molecule has 1 atom stereocenters. The van der Waals surface area contributed by atoms with Crippen molar-refractivity contribution in [3.63, 3.8) is 0 Å². The second kappa shape index (κ2) is 13.6. The first-order valence-electron chi connectivity index (χ1n) is 12.8. The molecule has 3 rings (SSSR count). The van der Waals surface area contributed by atoms with Crippen molar-refractivity contribution in [3.8, 4) is 0 Å². The van der Waals surface area contributed by atoms with Crippen molar-refractivity contribution in [1.29, 1.82) is 0 Å².